The number of anilines is 2. The Morgan fingerprint density at radius 3 is 2.02 bits per heavy atom. The highest BCUT2D eigenvalue weighted by molar-refractivity contribution is 6.23. The molecule has 0 bridgehead atoms. The number of hydrogen-bond acceptors (Lipinski definition) is 8. The van der Waals surface area contributed by atoms with Crippen LogP contribution < -0.4 is 20.4 Å². The number of amides is 5. The maximum absolute atomic E-state index is 15.4. The molecule has 3 saturated heterocycles. The largest absolute Gasteiger partial charge is 0.369 e. The van der Waals surface area contributed by atoms with E-state index < -0.39 is 35.5 Å². The van der Waals surface area contributed by atoms with Crippen LogP contribution in [0, 0.1) is 16.6 Å². The number of hydrogen-bond donors (Lipinski definition) is 2. The smallest absolute Gasteiger partial charge is 0.262 e. The van der Waals surface area contributed by atoms with E-state index in [0.29, 0.717) is 24.7 Å². The van der Waals surface area contributed by atoms with Gasteiger partial charge in [0.2, 0.25) is 11.8 Å². The Morgan fingerprint density at radius 2 is 1.43 bits per heavy atom. The summed E-state index contributed by atoms with van der Waals surface area (Å²) in [6.45, 7) is 13.6. The van der Waals surface area contributed by atoms with E-state index in [0.717, 1.165) is 62.1 Å². The molecule has 1 saturated carbocycles. The van der Waals surface area contributed by atoms with Gasteiger partial charge in [-0.2, -0.15) is 0 Å². The van der Waals surface area contributed by atoms with E-state index in [9.17, 15) is 24.0 Å². The van der Waals surface area contributed by atoms with Gasteiger partial charge in [0.15, 0.2) is 0 Å². The highest BCUT2D eigenvalue weighted by atomic mass is 19.1. The molecule has 1 aliphatic carbocycles. The zero-order valence-corrected chi connectivity index (χ0v) is 28.7. The molecule has 7 rings (SSSR count). The van der Waals surface area contributed by atoms with Crippen molar-refractivity contribution in [3.63, 3.8) is 0 Å². The fourth-order valence-corrected chi connectivity index (χ4v) is 9.27. The average Bonchev–Trinajstić information content (AvgIpc) is 3.30. The van der Waals surface area contributed by atoms with Gasteiger partial charge < -0.3 is 15.1 Å². The molecule has 4 heterocycles. The fourth-order valence-electron chi connectivity index (χ4n) is 9.27. The minimum atomic E-state index is -1.09. The predicted octanol–water partition coefficient (Wildman–Crippen LogP) is 3.57. The van der Waals surface area contributed by atoms with Gasteiger partial charge in [-0.25, -0.2) is 4.39 Å². The van der Waals surface area contributed by atoms with Gasteiger partial charge >= 0.3 is 0 Å². The number of piperazine rings is 1. The Morgan fingerprint density at radius 1 is 0.816 bits per heavy atom. The van der Waals surface area contributed by atoms with Crippen LogP contribution in [0.15, 0.2) is 36.4 Å². The summed E-state index contributed by atoms with van der Waals surface area (Å²) in [6.07, 6.45) is 2.84. The standard InChI is InChI=1S/C37H45FN6O5/c1-36(2)21-37(3,4)35(36)40-31(46)22-5-7-23(8-6-22)41-15-17-42(18-16-41)24-11-13-43(14-12-24)29-20-26-25(19-27(29)38)33(48)44(34(26)49)28-9-10-30(45)39-32(28)47/h5-8,19-20,24,28,35H,9-18,21H2,1-4H3,(H,40,46)(H,39,45,47). The van der Waals surface area contributed by atoms with Crippen molar-refractivity contribution >= 4 is 40.9 Å². The van der Waals surface area contributed by atoms with Crippen molar-refractivity contribution in [3.05, 3.63) is 58.9 Å². The summed E-state index contributed by atoms with van der Waals surface area (Å²) in [6, 6.07) is 9.87. The molecule has 49 heavy (non-hydrogen) atoms. The van der Waals surface area contributed by atoms with E-state index >= 15 is 4.39 Å². The van der Waals surface area contributed by atoms with Crippen LogP contribution in [0.2, 0.25) is 0 Å². The Balaban J connectivity index is 0.920. The number of carbonyl (C=O) groups excluding carboxylic acids is 5. The number of carbonyl (C=O) groups is 5. The second-order valence-corrected chi connectivity index (χ2v) is 15.6. The Hall–Kier alpha value is -4.32. The second-order valence-electron chi connectivity index (χ2n) is 15.6. The van der Waals surface area contributed by atoms with Gasteiger partial charge in [0.05, 0.1) is 16.8 Å². The maximum Gasteiger partial charge on any atom is 0.262 e. The SMILES string of the molecule is CC1(C)CC(C)(C)C1NC(=O)c1ccc(N2CCN(C3CCN(c4cc5c(cc4F)C(=O)N(C4CCC(=O)NC4=O)C5=O)CC3)CC2)cc1. The van der Waals surface area contributed by atoms with Crippen molar-refractivity contribution in [2.75, 3.05) is 49.1 Å². The van der Waals surface area contributed by atoms with Crippen LogP contribution in [0.3, 0.4) is 0 Å². The summed E-state index contributed by atoms with van der Waals surface area (Å²) in [5.74, 6) is -3.08. The predicted molar refractivity (Wildman–Crippen MR) is 182 cm³/mol. The summed E-state index contributed by atoms with van der Waals surface area (Å²) in [5.41, 5.74) is 2.29. The van der Waals surface area contributed by atoms with E-state index in [1.54, 1.807) is 0 Å². The molecule has 260 valence electrons. The molecule has 5 amide bonds. The van der Waals surface area contributed by atoms with Crippen molar-refractivity contribution in [3.8, 4) is 0 Å². The molecule has 2 aromatic rings. The summed E-state index contributed by atoms with van der Waals surface area (Å²) in [5, 5.41) is 5.45. The Bertz CT molecular complexity index is 1690. The van der Waals surface area contributed by atoms with Crippen molar-refractivity contribution in [2.45, 2.75) is 77.9 Å². The van der Waals surface area contributed by atoms with Gasteiger partial charge in [0.1, 0.15) is 11.9 Å². The van der Waals surface area contributed by atoms with Gasteiger partial charge in [-0.15, -0.1) is 0 Å². The third kappa shape index (κ3) is 5.98. The van der Waals surface area contributed by atoms with Gasteiger partial charge in [-0.05, 0) is 72.9 Å². The molecule has 0 spiro atoms. The monoisotopic (exact) mass is 672 g/mol. The van der Waals surface area contributed by atoms with E-state index in [1.807, 2.05) is 29.2 Å². The topological polar surface area (TPSA) is 122 Å². The van der Waals surface area contributed by atoms with Gasteiger partial charge in [0, 0.05) is 69.0 Å². The lowest BCUT2D eigenvalue weighted by Gasteiger charge is -2.57. The molecule has 1 atom stereocenters. The Kier molecular flexibility index (Phi) is 8.28. The number of nitrogens with zero attached hydrogens (tertiary/aromatic N) is 4. The molecule has 11 nitrogen and oxygen atoms in total. The zero-order chi connectivity index (χ0) is 34.8. The molecule has 5 aliphatic rings. The van der Waals surface area contributed by atoms with Crippen molar-refractivity contribution < 1.29 is 28.4 Å². The van der Waals surface area contributed by atoms with Crippen LogP contribution in [-0.4, -0.2) is 96.7 Å². The first kappa shape index (κ1) is 33.2. The number of rotatable bonds is 6. The molecule has 2 aromatic carbocycles. The van der Waals surface area contributed by atoms with Gasteiger partial charge in [-0.3, -0.25) is 39.1 Å². The number of fused-ring (bicyclic) bond motifs is 1. The first-order chi connectivity index (χ1) is 23.2. The number of nitrogens with one attached hydrogen (secondary N) is 2. The summed E-state index contributed by atoms with van der Waals surface area (Å²) >= 11 is 0. The minimum absolute atomic E-state index is 0.0254. The summed E-state index contributed by atoms with van der Waals surface area (Å²) in [4.78, 5) is 71.0. The van der Waals surface area contributed by atoms with E-state index in [4.69, 9.17) is 0 Å². The van der Waals surface area contributed by atoms with Crippen LogP contribution in [0.4, 0.5) is 15.8 Å². The molecule has 0 aromatic heterocycles. The van der Waals surface area contributed by atoms with Gasteiger partial charge in [0.25, 0.3) is 17.7 Å². The lowest BCUT2D eigenvalue weighted by molar-refractivity contribution is -0.136. The number of halogens is 1. The van der Waals surface area contributed by atoms with Crippen LogP contribution in [0.1, 0.15) is 90.9 Å². The molecular formula is C37H45FN6O5. The third-order valence-corrected chi connectivity index (χ3v) is 11.4. The summed E-state index contributed by atoms with van der Waals surface area (Å²) < 4.78 is 15.4. The van der Waals surface area contributed by atoms with Crippen LogP contribution >= 0.6 is 0 Å². The van der Waals surface area contributed by atoms with E-state index in [-0.39, 0.29) is 52.4 Å². The highest BCUT2D eigenvalue weighted by Gasteiger charge is 2.53. The third-order valence-electron chi connectivity index (χ3n) is 11.4. The molecule has 4 aliphatic heterocycles. The average molecular weight is 673 g/mol. The second kappa shape index (κ2) is 12.2. The summed E-state index contributed by atoms with van der Waals surface area (Å²) in [7, 11) is 0. The highest BCUT2D eigenvalue weighted by Crippen LogP contribution is 2.53. The quantitative estimate of drug-likeness (QED) is 0.447. The van der Waals surface area contributed by atoms with Crippen LogP contribution in [-0.2, 0) is 9.59 Å². The number of piperidine rings is 2. The lowest BCUT2D eigenvalue weighted by atomic mass is 9.52. The molecule has 2 N–H and O–H groups in total. The molecule has 4 fully saturated rings. The Labute approximate surface area is 286 Å². The lowest BCUT2D eigenvalue weighted by Crippen LogP contribution is -2.63. The normalized spacial score (nSPS) is 24.5. The molecule has 12 heteroatoms. The van der Waals surface area contributed by atoms with Crippen molar-refractivity contribution in [2.24, 2.45) is 10.8 Å². The van der Waals surface area contributed by atoms with Gasteiger partial charge in [-0.1, -0.05) is 27.7 Å². The molecular weight excluding hydrogens is 627 g/mol. The number of imide groups is 2. The number of benzene rings is 2. The van der Waals surface area contributed by atoms with Crippen LogP contribution in [0.5, 0.6) is 0 Å². The van der Waals surface area contributed by atoms with Crippen molar-refractivity contribution in [1.29, 1.82) is 0 Å². The zero-order valence-electron chi connectivity index (χ0n) is 28.7. The van der Waals surface area contributed by atoms with E-state index in [1.165, 1.54) is 6.07 Å². The fraction of sp³-hybridized carbons (Fsp3) is 0.541. The van der Waals surface area contributed by atoms with Crippen molar-refractivity contribution in [1.82, 2.24) is 20.4 Å². The maximum atomic E-state index is 15.4. The van der Waals surface area contributed by atoms with E-state index in [2.05, 4.69) is 48.1 Å². The minimum Gasteiger partial charge on any atom is -0.369 e. The first-order valence-electron chi connectivity index (χ1n) is 17.4. The van der Waals surface area contributed by atoms with Crippen LogP contribution in [0.25, 0.3) is 0 Å². The first-order valence-corrected chi connectivity index (χ1v) is 17.4. The molecule has 1 unspecified atom stereocenters. The molecule has 0 radical (unpaired) electrons.